The Labute approximate surface area is 177 Å². The number of nitrogens with one attached hydrogen (secondary N) is 1. The van der Waals surface area contributed by atoms with Gasteiger partial charge in [0, 0.05) is 44.1 Å². The lowest BCUT2D eigenvalue weighted by atomic mass is 10.1. The Balaban J connectivity index is 1.45. The minimum atomic E-state index is -0.331. The van der Waals surface area contributed by atoms with E-state index in [0.29, 0.717) is 18.8 Å². The summed E-state index contributed by atoms with van der Waals surface area (Å²) in [6, 6.07) is 13.7. The number of benzene rings is 2. The lowest BCUT2D eigenvalue weighted by molar-refractivity contribution is -0.121. The van der Waals surface area contributed by atoms with Crippen LogP contribution in [0.5, 0.6) is 0 Å². The molecule has 1 fully saturated rings. The first-order valence-electron chi connectivity index (χ1n) is 10.3. The van der Waals surface area contributed by atoms with Gasteiger partial charge in [-0.2, -0.15) is 0 Å². The smallest absolute Gasteiger partial charge is 0.241 e. The maximum atomic E-state index is 13.0. The van der Waals surface area contributed by atoms with E-state index >= 15 is 0 Å². The number of carbonyl (C=O) groups excluding carboxylic acids is 2. The normalized spacial score (nSPS) is 15.0. The summed E-state index contributed by atoms with van der Waals surface area (Å²) in [6.07, 6.45) is 0. The average Bonchev–Trinajstić information content (AvgIpc) is 2.73. The lowest BCUT2D eigenvalue weighted by Crippen LogP contribution is -2.51. The van der Waals surface area contributed by atoms with E-state index in [-0.39, 0.29) is 24.2 Å². The Hall–Kier alpha value is -2.77. The van der Waals surface area contributed by atoms with Crippen molar-refractivity contribution in [1.82, 2.24) is 9.80 Å². The third kappa shape index (κ3) is 5.87. The summed E-state index contributed by atoms with van der Waals surface area (Å²) in [6.45, 7) is 8.21. The van der Waals surface area contributed by atoms with Gasteiger partial charge in [0.05, 0.1) is 13.1 Å². The molecule has 3 rings (SSSR count). The molecule has 160 valence electrons. The van der Waals surface area contributed by atoms with E-state index in [1.807, 2.05) is 43.0 Å². The number of halogens is 1. The van der Waals surface area contributed by atoms with Gasteiger partial charge in [-0.25, -0.2) is 4.39 Å². The van der Waals surface area contributed by atoms with Crippen LogP contribution in [0.2, 0.25) is 0 Å². The summed E-state index contributed by atoms with van der Waals surface area (Å²) >= 11 is 0. The van der Waals surface area contributed by atoms with Crippen LogP contribution in [-0.2, 0) is 9.59 Å². The van der Waals surface area contributed by atoms with Gasteiger partial charge >= 0.3 is 0 Å². The zero-order chi connectivity index (χ0) is 21.5. The minimum absolute atomic E-state index is 0.0919. The number of rotatable bonds is 7. The van der Waals surface area contributed by atoms with E-state index < -0.39 is 0 Å². The highest BCUT2D eigenvalue weighted by Crippen LogP contribution is 2.19. The lowest BCUT2D eigenvalue weighted by Gasteiger charge is -2.35. The monoisotopic (exact) mass is 412 g/mol. The molecule has 30 heavy (non-hydrogen) atoms. The largest absolute Gasteiger partial charge is 0.325 e. The molecule has 1 aliphatic rings. The topological polar surface area (TPSA) is 55.9 Å². The van der Waals surface area contributed by atoms with Gasteiger partial charge < -0.3 is 10.2 Å². The predicted molar refractivity (Wildman–Crippen MR) is 117 cm³/mol. The van der Waals surface area contributed by atoms with Crippen molar-refractivity contribution in [3.8, 4) is 0 Å². The second kappa shape index (κ2) is 10.3. The Morgan fingerprint density at radius 1 is 0.967 bits per heavy atom. The molecule has 1 saturated heterocycles. The number of aryl methyl sites for hydroxylation is 1. The van der Waals surface area contributed by atoms with Crippen LogP contribution in [0.4, 0.5) is 15.8 Å². The molecule has 2 amide bonds. The molecular formula is C23H29FN4O2. The summed E-state index contributed by atoms with van der Waals surface area (Å²) in [4.78, 5) is 31.1. The summed E-state index contributed by atoms with van der Waals surface area (Å²) in [5.74, 6) is -0.361. The van der Waals surface area contributed by atoms with Crippen molar-refractivity contribution in [2.75, 3.05) is 56.0 Å². The van der Waals surface area contributed by atoms with Crippen LogP contribution in [0.15, 0.2) is 48.5 Å². The fourth-order valence-corrected chi connectivity index (χ4v) is 3.67. The number of carbonyl (C=O) groups is 2. The van der Waals surface area contributed by atoms with Crippen molar-refractivity contribution in [1.29, 1.82) is 0 Å². The molecule has 0 saturated carbocycles. The molecule has 1 heterocycles. The molecule has 0 atom stereocenters. The molecule has 0 spiro atoms. The van der Waals surface area contributed by atoms with Crippen LogP contribution in [0.1, 0.15) is 12.5 Å². The standard InChI is InChI=1S/C23H29FN4O2/c1-3-28(21-7-5-4-6-18(21)2)23(30)17-27-14-12-26(13-15-27)16-22(29)25-20-10-8-19(24)9-11-20/h4-11H,3,12-17H2,1-2H3,(H,25,29). The zero-order valence-electron chi connectivity index (χ0n) is 17.6. The molecule has 0 radical (unpaired) electrons. The molecule has 2 aromatic carbocycles. The van der Waals surface area contributed by atoms with Crippen LogP contribution in [0.25, 0.3) is 0 Å². The van der Waals surface area contributed by atoms with E-state index in [0.717, 1.165) is 37.4 Å². The highest BCUT2D eigenvalue weighted by molar-refractivity contribution is 5.95. The Bertz CT molecular complexity index is 864. The third-order valence-electron chi connectivity index (χ3n) is 5.34. The number of anilines is 2. The molecule has 0 aromatic heterocycles. The summed E-state index contributed by atoms with van der Waals surface area (Å²) < 4.78 is 13.0. The minimum Gasteiger partial charge on any atom is -0.325 e. The molecule has 6 nitrogen and oxygen atoms in total. The number of hydrogen-bond donors (Lipinski definition) is 1. The van der Waals surface area contributed by atoms with Crippen molar-refractivity contribution in [3.63, 3.8) is 0 Å². The summed E-state index contributed by atoms with van der Waals surface area (Å²) in [7, 11) is 0. The molecular weight excluding hydrogens is 383 g/mol. The van der Waals surface area contributed by atoms with Gasteiger partial charge in [0.2, 0.25) is 11.8 Å². The van der Waals surface area contributed by atoms with E-state index in [1.54, 1.807) is 12.1 Å². The van der Waals surface area contributed by atoms with Crippen LogP contribution in [0.3, 0.4) is 0 Å². The molecule has 1 N–H and O–H groups in total. The fraction of sp³-hybridized carbons (Fsp3) is 0.391. The van der Waals surface area contributed by atoms with Gasteiger partial charge in [0.15, 0.2) is 0 Å². The van der Waals surface area contributed by atoms with E-state index in [4.69, 9.17) is 0 Å². The predicted octanol–water partition coefficient (Wildman–Crippen LogP) is 2.74. The molecule has 0 aliphatic carbocycles. The van der Waals surface area contributed by atoms with Gasteiger partial charge in [-0.3, -0.25) is 19.4 Å². The molecule has 2 aromatic rings. The average molecular weight is 413 g/mol. The van der Waals surface area contributed by atoms with Crippen molar-refractivity contribution < 1.29 is 14.0 Å². The van der Waals surface area contributed by atoms with Gasteiger partial charge in [-0.1, -0.05) is 18.2 Å². The Morgan fingerprint density at radius 3 is 2.17 bits per heavy atom. The zero-order valence-corrected chi connectivity index (χ0v) is 17.6. The Kier molecular flexibility index (Phi) is 7.54. The molecule has 0 unspecified atom stereocenters. The third-order valence-corrected chi connectivity index (χ3v) is 5.34. The van der Waals surface area contributed by atoms with Gasteiger partial charge in [0.25, 0.3) is 0 Å². The van der Waals surface area contributed by atoms with Crippen LogP contribution in [0, 0.1) is 12.7 Å². The summed E-state index contributed by atoms with van der Waals surface area (Å²) in [5.41, 5.74) is 2.63. The molecule has 0 bridgehead atoms. The quantitative estimate of drug-likeness (QED) is 0.760. The second-order valence-corrected chi connectivity index (χ2v) is 7.53. The van der Waals surface area contributed by atoms with Crippen LogP contribution in [-0.4, -0.2) is 67.4 Å². The maximum absolute atomic E-state index is 13.0. The van der Waals surface area contributed by atoms with Crippen molar-refractivity contribution in [2.24, 2.45) is 0 Å². The highest BCUT2D eigenvalue weighted by atomic mass is 19.1. The first-order chi connectivity index (χ1) is 14.5. The van der Waals surface area contributed by atoms with Crippen molar-refractivity contribution >= 4 is 23.2 Å². The van der Waals surface area contributed by atoms with Crippen molar-refractivity contribution in [3.05, 3.63) is 59.9 Å². The van der Waals surface area contributed by atoms with Crippen molar-refractivity contribution in [2.45, 2.75) is 13.8 Å². The van der Waals surface area contributed by atoms with Gasteiger partial charge in [0.1, 0.15) is 5.82 Å². The van der Waals surface area contributed by atoms with E-state index in [1.165, 1.54) is 12.1 Å². The molecule has 7 heteroatoms. The van der Waals surface area contributed by atoms with Gasteiger partial charge in [-0.15, -0.1) is 0 Å². The first kappa shape index (κ1) is 21.9. The number of piperazine rings is 1. The van der Waals surface area contributed by atoms with E-state index in [2.05, 4.69) is 15.1 Å². The maximum Gasteiger partial charge on any atom is 0.241 e. The number of amides is 2. The van der Waals surface area contributed by atoms with Crippen LogP contribution >= 0.6 is 0 Å². The SMILES string of the molecule is CCN(C(=O)CN1CCN(CC(=O)Nc2ccc(F)cc2)CC1)c1ccccc1C. The number of nitrogens with zero attached hydrogens (tertiary/aromatic N) is 3. The fourth-order valence-electron chi connectivity index (χ4n) is 3.67. The van der Waals surface area contributed by atoms with Gasteiger partial charge in [-0.05, 0) is 49.7 Å². The first-order valence-corrected chi connectivity index (χ1v) is 10.3. The highest BCUT2D eigenvalue weighted by Gasteiger charge is 2.23. The number of hydrogen-bond acceptors (Lipinski definition) is 4. The summed E-state index contributed by atoms with van der Waals surface area (Å²) in [5, 5.41) is 2.78. The number of likely N-dealkylation sites (N-methyl/N-ethyl adjacent to an activating group) is 1. The van der Waals surface area contributed by atoms with E-state index in [9.17, 15) is 14.0 Å². The number of para-hydroxylation sites is 1. The second-order valence-electron chi connectivity index (χ2n) is 7.53. The Morgan fingerprint density at radius 2 is 1.57 bits per heavy atom. The van der Waals surface area contributed by atoms with Crippen LogP contribution < -0.4 is 10.2 Å². The molecule has 1 aliphatic heterocycles.